The topological polar surface area (TPSA) is 85.2 Å². The maximum Gasteiger partial charge on any atom is 0.243 e. The van der Waals surface area contributed by atoms with Crippen LogP contribution in [0.2, 0.25) is 10.0 Å². The number of hydrogen-bond acceptors (Lipinski definition) is 6. The molecule has 1 amide bonds. The van der Waals surface area contributed by atoms with Crippen molar-refractivity contribution in [1.29, 1.82) is 0 Å². The third-order valence-corrected chi connectivity index (χ3v) is 5.65. The van der Waals surface area contributed by atoms with Crippen molar-refractivity contribution in [3.63, 3.8) is 0 Å². The summed E-state index contributed by atoms with van der Waals surface area (Å²) < 4.78 is 5.80. The van der Waals surface area contributed by atoms with E-state index in [1.165, 1.54) is 4.80 Å². The number of nitrogens with one attached hydrogen (secondary N) is 1. The lowest BCUT2D eigenvalue weighted by molar-refractivity contribution is -0.123. The van der Waals surface area contributed by atoms with Crippen LogP contribution in [0.15, 0.2) is 48.5 Å². The number of carbonyl (C=O) groups is 1. The van der Waals surface area contributed by atoms with Gasteiger partial charge in [0.05, 0.1) is 22.8 Å². The molecule has 0 unspecified atom stereocenters. The van der Waals surface area contributed by atoms with Gasteiger partial charge in [-0.1, -0.05) is 59.6 Å². The Morgan fingerprint density at radius 1 is 1.16 bits per heavy atom. The van der Waals surface area contributed by atoms with Gasteiger partial charge < -0.3 is 10.1 Å². The Labute approximate surface area is 190 Å². The molecule has 2 heterocycles. The molecule has 1 aliphatic heterocycles. The maximum absolute atomic E-state index is 12.3. The molecule has 4 rings (SSSR count). The van der Waals surface area contributed by atoms with E-state index >= 15 is 0 Å². The zero-order valence-electron chi connectivity index (χ0n) is 16.7. The molecule has 162 valence electrons. The molecule has 0 radical (unpaired) electrons. The molecule has 0 spiro atoms. The second kappa shape index (κ2) is 10.2. The van der Waals surface area contributed by atoms with Gasteiger partial charge in [-0.25, -0.2) is 0 Å². The molecule has 10 heteroatoms. The van der Waals surface area contributed by atoms with Gasteiger partial charge >= 0.3 is 0 Å². The predicted octanol–water partition coefficient (Wildman–Crippen LogP) is 2.66. The number of aromatic nitrogens is 4. The Balaban J connectivity index is 1.24. The number of tetrazole rings is 1. The summed E-state index contributed by atoms with van der Waals surface area (Å²) in [5, 5.41) is 16.2. The van der Waals surface area contributed by atoms with Crippen molar-refractivity contribution < 1.29 is 9.53 Å². The molecule has 8 nitrogen and oxygen atoms in total. The number of benzene rings is 2. The standard InChI is InChI=1S/C21H22Cl2N6O2/c22-18-7-6-15(10-19(18)23)12-28-8-9-31-17(13-28)11-24-20(30)14-29-26-21(25-27-29)16-4-2-1-3-5-16/h1-7,10,17H,8-9,11-14H2,(H,24,30)/t17-/m0/s1. The van der Waals surface area contributed by atoms with E-state index in [2.05, 4.69) is 25.6 Å². The van der Waals surface area contributed by atoms with Gasteiger partial charge in [0.1, 0.15) is 6.54 Å². The molecule has 31 heavy (non-hydrogen) atoms. The summed E-state index contributed by atoms with van der Waals surface area (Å²) in [5.41, 5.74) is 1.94. The fourth-order valence-corrected chi connectivity index (χ4v) is 3.69. The van der Waals surface area contributed by atoms with E-state index in [0.29, 0.717) is 35.6 Å². The molecule has 0 bridgehead atoms. The average molecular weight is 461 g/mol. The molecule has 0 saturated carbocycles. The van der Waals surface area contributed by atoms with Crippen molar-refractivity contribution in [2.24, 2.45) is 0 Å². The van der Waals surface area contributed by atoms with Crippen LogP contribution >= 0.6 is 23.2 Å². The summed E-state index contributed by atoms with van der Waals surface area (Å²) in [6, 6.07) is 15.2. The summed E-state index contributed by atoms with van der Waals surface area (Å²) in [4.78, 5) is 15.9. The summed E-state index contributed by atoms with van der Waals surface area (Å²) in [6.45, 7) is 3.29. The Hall–Kier alpha value is -2.52. The lowest BCUT2D eigenvalue weighted by Crippen LogP contribution is -2.47. The van der Waals surface area contributed by atoms with E-state index in [9.17, 15) is 4.79 Å². The van der Waals surface area contributed by atoms with Gasteiger partial charge in [0.25, 0.3) is 0 Å². The predicted molar refractivity (Wildman–Crippen MR) is 118 cm³/mol. The summed E-state index contributed by atoms with van der Waals surface area (Å²) in [5.74, 6) is 0.296. The number of halogens is 2. The van der Waals surface area contributed by atoms with Crippen LogP contribution in [-0.2, 0) is 22.6 Å². The zero-order valence-corrected chi connectivity index (χ0v) is 18.3. The third-order valence-electron chi connectivity index (χ3n) is 4.91. The average Bonchev–Trinajstić information content (AvgIpc) is 3.24. The van der Waals surface area contributed by atoms with Crippen LogP contribution in [0.4, 0.5) is 0 Å². The molecule has 0 aliphatic carbocycles. The van der Waals surface area contributed by atoms with Gasteiger partial charge in [0.15, 0.2) is 0 Å². The molecular formula is C21H22Cl2N6O2. The molecule has 2 aromatic carbocycles. The number of hydrogen-bond donors (Lipinski definition) is 1. The Kier molecular flexibility index (Phi) is 7.14. The third kappa shape index (κ3) is 6.01. The van der Waals surface area contributed by atoms with Gasteiger partial charge in [-0.05, 0) is 22.9 Å². The second-order valence-corrected chi connectivity index (χ2v) is 8.10. The highest BCUT2D eigenvalue weighted by molar-refractivity contribution is 6.42. The van der Waals surface area contributed by atoms with Gasteiger partial charge in [-0.15, -0.1) is 10.2 Å². The largest absolute Gasteiger partial charge is 0.374 e. The van der Waals surface area contributed by atoms with Crippen molar-refractivity contribution in [3.05, 3.63) is 64.1 Å². The summed E-state index contributed by atoms with van der Waals surface area (Å²) >= 11 is 12.1. The van der Waals surface area contributed by atoms with Gasteiger partial charge in [0.2, 0.25) is 11.7 Å². The first-order chi connectivity index (χ1) is 15.1. The van der Waals surface area contributed by atoms with Crippen LogP contribution in [0, 0.1) is 0 Å². The second-order valence-electron chi connectivity index (χ2n) is 7.29. The van der Waals surface area contributed by atoms with Crippen LogP contribution in [0.25, 0.3) is 11.4 Å². The van der Waals surface area contributed by atoms with Crippen LogP contribution in [0.3, 0.4) is 0 Å². The number of nitrogens with zero attached hydrogens (tertiary/aromatic N) is 5. The van der Waals surface area contributed by atoms with E-state index < -0.39 is 0 Å². The lowest BCUT2D eigenvalue weighted by Gasteiger charge is -2.33. The SMILES string of the molecule is O=C(Cn1nnc(-c2ccccc2)n1)NC[C@H]1CN(Cc2ccc(Cl)c(Cl)c2)CCO1. The smallest absolute Gasteiger partial charge is 0.243 e. The van der Waals surface area contributed by atoms with Crippen molar-refractivity contribution >= 4 is 29.1 Å². The number of amides is 1. The monoisotopic (exact) mass is 460 g/mol. The van der Waals surface area contributed by atoms with Gasteiger partial charge in [0, 0.05) is 31.7 Å². The Bertz CT molecular complexity index is 1030. The van der Waals surface area contributed by atoms with E-state index in [-0.39, 0.29) is 18.6 Å². The zero-order chi connectivity index (χ0) is 21.6. The molecule has 1 aliphatic rings. The number of carbonyl (C=O) groups excluding carboxylic acids is 1. The summed E-state index contributed by atoms with van der Waals surface area (Å²) in [7, 11) is 0. The van der Waals surface area contributed by atoms with Crippen LogP contribution < -0.4 is 5.32 Å². The minimum Gasteiger partial charge on any atom is -0.374 e. The highest BCUT2D eigenvalue weighted by Gasteiger charge is 2.21. The minimum atomic E-state index is -0.192. The van der Waals surface area contributed by atoms with Crippen molar-refractivity contribution in [2.75, 3.05) is 26.2 Å². The van der Waals surface area contributed by atoms with Crippen LogP contribution in [-0.4, -0.2) is 63.4 Å². The fraction of sp³-hybridized carbons (Fsp3) is 0.333. The Morgan fingerprint density at radius 3 is 2.81 bits per heavy atom. The van der Waals surface area contributed by atoms with Crippen LogP contribution in [0.5, 0.6) is 0 Å². The molecule has 1 fully saturated rings. The molecular weight excluding hydrogens is 439 g/mol. The normalized spacial score (nSPS) is 16.9. The number of ether oxygens (including phenoxy) is 1. The van der Waals surface area contributed by atoms with E-state index in [1.807, 2.05) is 42.5 Å². The fourth-order valence-electron chi connectivity index (χ4n) is 3.37. The Morgan fingerprint density at radius 2 is 2.00 bits per heavy atom. The quantitative estimate of drug-likeness (QED) is 0.583. The van der Waals surface area contributed by atoms with Crippen molar-refractivity contribution in [1.82, 2.24) is 30.4 Å². The molecule has 3 aromatic rings. The first kappa shape index (κ1) is 21.7. The molecule has 1 aromatic heterocycles. The van der Waals surface area contributed by atoms with Crippen molar-refractivity contribution in [3.8, 4) is 11.4 Å². The number of morpholine rings is 1. The molecule has 1 atom stereocenters. The minimum absolute atomic E-state index is 0.000455. The highest BCUT2D eigenvalue weighted by atomic mass is 35.5. The van der Waals surface area contributed by atoms with Crippen molar-refractivity contribution in [2.45, 2.75) is 19.2 Å². The van der Waals surface area contributed by atoms with Gasteiger partial charge in [-0.3, -0.25) is 9.69 Å². The maximum atomic E-state index is 12.3. The molecule has 1 N–H and O–H groups in total. The lowest BCUT2D eigenvalue weighted by atomic mass is 10.2. The number of rotatable bonds is 7. The van der Waals surface area contributed by atoms with E-state index in [4.69, 9.17) is 27.9 Å². The van der Waals surface area contributed by atoms with E-state index in [0.717, 1.165) is 24.2 Å². The highest BCUT2D eigenvalue weighted by Crippen LogP contribution is 2.23. The first-order valence-electron chi connectivity index (χ1n) is 9.94. The van der Waals surface area contributed by atoms with Gasteiger partial charge in [-0.2, -0.15) is 4.80 Å². The summed E-state index contributed by atoms with van der Waals surface area (Å²) in [6.07, 6.45) is -0.0935. The molecule has 1 saturated heterocycles. The van der Waals surface area contributed by atoms with E-state index in [1.54, 1.807) is 6.07 Å². The van der Waals surface area contributed by atoms with Crippen LogP contribution in [0.1, 0.15) is 5.56 Å². The first-order valence-corrected chi connectivity index (χ1v) is 10.7.